The van der Waals surface area contributed by atoms with Crippen LogP contribution in [0.3, 0.4) is 0 Å². The van der Waals surface area contributed by atoms with Gasteiger partial charge in [-0.3, -0.25) is 0 Å². The van der Waals surface area contributed by atoms with Gasteiger partial charge >= 0.3 is 0 Å². The van der Waals surface area contributed by atoms with Gasteiger partial charge in [-0.1, -0.05) is 52.9 Å². The molecule has 4 atom stereocenters. The zero-order valence-corrected chi connectivity index (χ0v) is 13.6. The van der Waals surface area contributed by atoms with E-state index in [0.29, 0.717) is 18.1 Å². The maximum Gasteiger partial charge on any atom is 0.0753 e. The minimum absolute atomic E-state index is 0.428. The van der Waals surface area contributed by atoms with Crippen LogP contribution in [0.25, 0.3) is 0 Å². The van der Waals surface area contributed by atoms with E-state index in [-0.39, 0.29) is 0 Å². The van der Waals surface area contributed by atoms with Crippen molar-refractivity contribution in [1.29, 1.82) is 0 Å². The Balaban J connectivity index is 2.15. The second kappa shape index (κ2) is 9.77. The average Bonchev–Trinajstić information content (AvgIpc) is 2.39. The third-order valence-electron chi connectivity index (χ3n) is 4.57. The van der Waals surface area contributed by atoms with Gasteiger partial charge in [0.05, 0.1) is 6.10 Å². The average molecular weight is 269 g/mol. The van der Waals surface area contributed by atoms with Crippen molar-refractivity contribution in [2.75, 3.05) is 13.7 Å². The van der Waals surface area contributed by atoms with Crippen LogP contribution in [0.1, 0.15) is 72.1 Å². The van der Waals surface area contributed by atoms with Crippen LogP contribution in [0.2, 0.25) is 0 Å². The van der Waals surface area contributed by atoms with Gasteiger partial charge in [0.1, 0.15) is 0 Å². The largest absolute Gasteiger partial charge is 0.376 e. The molecular weight excluding hydrogens is 234 g/mol. The Morgan fingerprint density at radius 3 is 2.37 bits per heavy atom. The molecular formula is C17H35NO. The van der Waals surface area contributed by atoms with Crippen LogP contribution in [0.15, 0.2) is 0 Å². The summed E-state index contributed by atoms with van der Waals surface area (Å²) in [5, 5.41) is 3.46. The molecule has 0 bridgehead atoms. The number of likely N-dealkylation sites (N-methyl/N-ethyl adjacent to an activating group) is 1. The third kappa shape index (κ3) is 6.27. The highest BCUT2D eigenvalue weighted by Crippen LogP contribution is 2.31. The van der Waals surface area contributed by atoms with E-state index >= 15 is 0 Å². The summed E-state index contributed by atoms with van der Waals surface area (Å²) < 4.78 is 6.19. The summed E-state index contributed by atoms with van der Waals surface area (Å²) in [6.07, 6.45) is 11.1. The molecule has 0 aromatic rings. The molecule has 1 fully saturated rings. The summed E-state index contributed by atoms with van der Waals surface area (Å²) in [5.41, 5.74) is 0. The Bertz CT molecular complexity index is 219. The lowest BCUT2D eigenvalue weighted by molar-refractivity contribution is -0.0372. The van der Waals surface area contributed by atoms with E-state index in [0.717, 1.165) is 12.5 Å². The number of unbranched alkanes of at least 4 members (excludes halogenated alkanes) is 5. The highest BCUT2D eigenvalue weighted by Gasteiger charge is 2.33. The molecule has 1 aliphatic carbocycles. The molecule has 0 aromatic carbocycles. The SMILES string of the molecule is CCCCCCCCOC1C(C)CC(C)CC1NC. The maximum atomic E-state index is 6.19. The molecule has 0 aromatic heterocycles. The molecule has 0 heterocycles. The Morgan fingerprint density at radius 2 is 1.68 bits per heavy atom. The lowest BCUT2D eigenvalue weighted by Gasteiger charge is -2.39. The lowest BCUT2D eigenvalue weighted by atomic mass is 9.78. The van der Waals surface area contributed by atoms with Gasteiger partial charge in [0.25, 0.3) is 0 Å². The molecule has 114 valence electrons. The second-order valence-corrected chi connectivity index (χ2v) is 6.55. The molecule has 19 heavy (non-hydrogen) atoms. The van der Waals surface area contributed by atoms with Crippen molar-refractivity contribution in [3.05, 3.63) is 0 Å². The van der Waals surface area contributed by atoms with Crippen LogP contribution in [0.5, 0.6) is 0 Å². The van der Waals surface area contributed by atoms with Crippen molar-refractivity contribution < 1.29 is 4.74 Å². The summed E-state index contributed by atoms with van der Waals surface area (Å²) in [6, 6.07) is 0.554. The topological polar surface area (TPSA) is 21.3 Å². The molecule has 1 saturated carbocycles. The zero-order chi connectivity index (χ0) is 14.1. The molecule has 1 N–H and O–H groups in total. The third-order valence-corrected chi connectivity index (χ3v) is 4.57. The predicted molar refractivity (Wildman–Crippen MR) is 83.5 cm³/mol. The summed E-state index contributed by atoms with van der Waals surface area (Å²) in [6.45, 7) is 7.94. The van der Waals surface area contributed by atoms with Crippen LogP contribution in [0, 0.1) is 11.8 Å². The molecule has 0 amide bonds. The lowest BCUT2D eigenvalue weighted by Crippen LogP contribution is -2.48. The summed E-state index contributed by atoms with van der Waals surface area (Å²) in [4.78, 5) is 0. The van der Waals surface area contributed by atoms with E-state index in [4.69, 9.17) is 4.74 Å². The summed E-state index contributed by atoms with van der Waals surface area (Å²) in [5.74, 6) is 1.53. The molecule has 4 unspecified atom stereocenters. The number of nitrogens with one attached hydrogen (secondary N) is 1. The van der Waals surface area contributed by atoms with Crippen molar-refractivity contribution in [2.45, 2.75) is 84.3 Å². The molecule has 0 saturated heterocycles. The first kappa shape index (κ1) is 17.0. The first-order valence-electron chi connectivity index (χ1n) is 8.47. The molecule has 1 aliphatic rings. The second-order valence-electron chi connectivity index (χ2n) is 6.55. The Labute approximate surface area is 120 Å². The first-order chi connectivity index (χ1) is 9.19. The van der Waals surface area contributed by atoms with E-state index < -0.39 is 0 Å². The van der Waals surface area contributed by atoms with Gasteiger partial charge in [0.2, 0.25) is 0 Å². The number of hydrogen-bond donors (Lipinski definition) is 1. The summed E-state index contributed by atoms with van der Waals surface area (Å²) in [7, 11) is 2.08. The molecule has 2 nitrogen and oxygen atoms in total. The number of hydrogen-bond acceptors (Lipinski definition) is 2. The van der Waals surface area contributed by atoms with Gasteiger partial charge in [0.15, 0.2) is 0 Å². The fourth-order valence-electron chi connectivity index (χ4n) is 3.49. The predicted octanol–water partition coefficient (Wildman–Crippen LogP) is 4.39. The minimum Gasteiger partial charge on any atom is -0.376 e. The smallest absolute Gasteiger partial charge is 0.0753 e. The van der Waals surface area contributed by atoms with Crippen molar-refractivity contribution in [3.63, 3.8) is 0 Å². The fraction of sp³-hybridized carbons (Fsp3) is 1.00. The first-order valence-corrected chi connectivity index (χ1v) is 8.47. The quantitative estimate of drug-likeness (QED) is 0.627. The normalized spacial score (nSPS) is 31.6. The van der Waals surface area contributed by atoms with Crippen LogP contribution < -0.4 is 5.32 Å². The Hall–Kier alpha value is -0.0800. The molecule has 0 spiro atoms. The van der Waals surface area contributed by atoms with Crippen LogP contribution >= 0.6 is 0 Å². The fourth-order valence-corrected chi connectivity index (χ4v) is 3.49. The number of ether oxygens (including phenoxy) is 1. The monoisotopic (exact) mass is 269 g/mol. The molecule has 1 rings (SSSR count). The van der Waals surface area contributed by atoms with Gasteiger partial charge in [0, 0.05) is 12.6 Å². The van der Waals surface area contributed by atoms with Gasteiger partial charge in [-0.2, -0.15) is 0 Å². The molecule has 0 radical (unpaired) electrons. The van der Waals surface area contributed by atoms with E-state index in [1.807, 2.05) is 0 Å². The minimum atomic E-state index is 0.428. The Kier molecular flexibility index (Phi) is 8.72. The standard InChI is InChI=1S/C17H35NO/c1-5-6-7-8-9-10-11-19-17-15(3)12-14(2)13-16(17)18-4/h14-18H,5-13H2,1-4H3. The van der Waals surface area contributed by atoms with Crippen molar-refractivity contribution >= 4 is 0 Å². The van der Waals surface area contributed by atoms with Crippen LogP contribution in [-0.2, 0) is 4.74 Å². The van der Waals surface area contributed by atoms with Gasteiger partial charge in [-0.25, -0.2) is 0 Å². The zero-order valence-electron chi connectivity index (χ0n) is 13.6. The maximum absolute atomic E-state index is 6.19. The Morgan fingerprint density at radius 1 is 1.00 bits per heavy atom. The van der Waals surface area contributed by atoms with Crippen LogP contribution in [0.4, 0.5) is 0 Å². The van der Waals surface area contributed by atoms with Gasteiger partial charge < -0.3 is 10.1 Å². The van der Waals surface area contributed by atoms with Crippen LogP contribution in [-0.4, -0.2) is 25.8 Å². The number of rotatable bonds is 9. The van der Waals surface area contributed by atoms with Crippen molar-refractivity contribution in [2.24, 2.45) is 11.8 Å². The van der Waals surface area contributed by atoms with E-state index in [1.165, 1.54) is 51.4 Å². The molecule has 2 heteroatoms. The molecule has 0 aliphatic heterocycles. The van der Waals surface area contributed by atoms with Gasteiger partial charge in [-0.15, -0.1) is 0 Å². The van der Waals surface area contributed by atoms with E-state index in [9.17, 15) is 0 Å². The van der Waals surface area contributed by atoms with Crippen molar-refractivity contribution in [3.8, 4) is 0 Å². The van der Waals surface area contributed by atoms with E-state index in [1.54, 1.807) is 0 Å². The van der Waals surface area contributed by atoms with Gasteiger partial charge in [-0.05, 0) is 38.1 Å². The van der Waals surface area contributed by atoms with Crippen molar-refractivity contribution in [1.82, 2.24) is 5.32 Å². The highest BCUT2D eigenvalue weighted by molar-refractivity contribution is 4.87. The highest BCUT2D eigenvalue weighted by atomic mass is 16.5. The van der Waals surface area contributed by atoms with E-state index in [2.05, 4.69) is 33.1 Å². The summed E-state index contributed by atoms with van der Waals surface area (Å²) >= 11 is 0.